The number of aliphatic carboxylic acids is 1. The Hall–Kier alpha value is -2.40. The van der Waals surface area contributed by atoms with E-state index in [2.05, 4.69) is 10.5 Å². The smallest absolute Gasteiger partial charge is 0.308 e. The van der Waals surface area contributed by atoms with Crippen molar-refractivity contribution in [2.24, 2.45) is 5.10 Å². The lowest BCUT2D eigenvalue weighted by Crippen LogP contribution is -2.14. The van der Waals surface area contributed by atoms with E-state index in [1.165, 1.54) is 6.07 Å². The SMILES string of the molecule is O=C(O)CC=NNc1ccc(N([O-])[O-])cc1N(O)O. The Labute approximate surface area is 106 Å². The summed E-state index contributed by atoms with van der Waals surface area (Å²) in [6, 6.07) is 3.24. The number of carbonyl (C=O) groups is 1. The number of hydrogen-bond donors (Lipinski definition) is 4. The van der Waals surface area contributed by atoms with E-state index in [1.807, 2.05) is 0 Å². The van der Waals surface area contributed by atoms with Crippen LogP contribution in [-0.4, -0.2) is 27.7 Å². The van der Waals surface area contributed by atoms with E-state index in [1.54, 1.807) is 0 Å². The van der Waals surface area contributed by atoms with E-state index in [4.69, 9.17) is 15.5 Å². The minimum atomic E-state index is -1.08. The molecule has 0 aliphatic carbocycles. The highest BCUT2D eigenvalue weighted by Gasteiger charge is 2.07. The lowest BCUT2D eigenvalue weighted by atomic mass is 10.2. The molecule has 0 saturated carbocycles. The summed E-state index contributed by atoms with van der Waals surface area (Å²) in [5.41, 5.74) is 1.74. The molecule has 104 valence electrons. The van der Waals surface area contributed by atoms with E-state index < -0.39 is 11.2 Å². The first-order chi connectivity index (χ1) is 8.91. The normalized spacial score (nSPS) is 10.5. The minimum Gasteiger partial charge on any atom is -0.769 e. The Morgan fingerprint density at radius 2 is 2.11 bits per heavy atom. The molecule has 0 aliphatic rings. The first-order valence-corrected chi connectivity index (χ1v) is 4.87. The maximum Gasteiger partial charge on any atom is 0.308 e. The average molecular weight is 270 g/mol. The van der Waals surface area contributed by atoms with Gasteiger partial charge in [-0.1, -0.05) is 0 Å². The van der Waals surface area contributed by atoms with Gasteiger partial charge >= 0.3 is 5.97 Å². The second kappa shape index (κ2) is 6.51. The van der Waals surface area contributed by atoms with Crippen molar-refractivity contribution in [3.8, 4) is 0 Å². The van der Waals surface area contributed by atoms with Crippen molar-refractivity contribution in [1.82, 2.24) is 0 Å². The fourth-order valence-electron chi connectivity index (χ4n) is 1.13. The van der Waals surface area contributed by atoms with Gasteiger partial charge in [0, 0.05) is 11.9 Å². The maximum absolute atomic E-state index is 10.5. The van der Waals surface area contributed by atoms with Crippen LogP contribution < -0.4 is 15.9 Å². The van der Waals surface area contributed by atoms with Crippen molar-refractivity contribution >= 4 is 29.2 Å². The summed E-state index contributed by atoms with van der Waals surface area (Å²) in [6.45, 7) is 0. The lowest BCUT2D eigenvalue weighted by molar-refractivity contribution is -0.135. The van der Waals surface area contributed by atoms with Crippen LogP contribution in [0.15, 0.2) is 23.3 Å². The van der Waals surface area contributed by atoms with Crippen LogP contribution in [0.2, 0.25) is 0 Å². The zero-order valence-electron chi connectivity index (χ0n) is 9.42. The molecular formula is C9H10N4O6-2. The predicted octanol–water partition coefficient (Wildman–Crippen LogP) is 0.946. The molecule has 10 heteroatoms. The summed E-state index contributed by atoms with van der Waals surface area (Å²) in [5.74, 6) is -1.08. The molecule has 0 amide bonds. The third-order valence-corrected chi connectivity index (χ3v) is 1.95. The number of benzene rings is 1. The Morgan fingerprint density at radius 1 is 1.42 bits per heavy atom. The third-order valence-electron chi connectivity index (χ3n) is 1.95. The number of carboxylic acid groups (broad SMARTS) is 1. The molecule has 10 nitrogen and oxygen atoms in total. The van der Waals surface area contributed by atoms with Gasteiger partial charge in [-0.15, -0.1) is 5.23 Å². The first kappa shape index (κ1) is 14.7. The highest BCUT2D eigenvalue weighted by atomic mass is 16.8. The van der Waals surface area contributed by atoms with Crippen molar-refractivity contribution in [2.75, 3.05) is 15.9 Å². The van der Waals surface area contributed by atoms with Crippen molar-refractivity contribution in [3.05, 3.63) is 28.6 Å². The molecule has 0 atom stereocenters. The maximum atomic E-state index is 10.5. The molecule has 19 heavy (non-hydrogen) atoms. The highest BCUT2D eigenvalue weighted by Crippen LogP contribution is 2.29. The number of nitrogens with one attached hydrogen (secondary N) is 1. The molecule has 0 bridgehead atoms. The lowest BCUT2D eigenvalue weighted by Gasteiger charge is -2.37. The van der Waals surface area contributed by atoms with Gasteiger partial charge in [0.1, 0.15) is 5.69 Å². The summed E-state index contributed by atoms with van der Waals surface area (Å²) in [4.78, 5) is 10.2. The monoisotopic (exact) mass is 270 g/mol. The highest BCUT2D eigenvalue weighted by molar-refractivity contribution is 5.85. The molecule has 0 fully saturated rings. The molecule has 0 radical (unpaired) electrons. The van der Waals surface area contributed by atoms with Crippen molar-refractivity contribution in [3.63, 3.8) is 0 Å². The zero-order valence-corrected chi connectivity index (χ0v) is 9.42. The molecule has 0 saturated heterocycles. The Morgan fingerprint density at radius 3 is 2.63 bits per heavy atom. The van der Waals surface area contributed by atoms with E-state index >= 15 is 0 Å². The van der Waals surface area contributed by atoms with Gasteiger partial charge in [0.15, 0.2) is 0 Å². The minimum absolute atomic E-state index is 0.0530. The zero-order chi connectivity index (χ0) is 14.4. The third kappa shape index (κ3) is 4.40. The fraction of sp³-hybridized carbons (Fsp3) is 0.111. The standard InChI is InChI=1S/C9H10N4O6/c14-9(15)3-4-10-11-7-2-1-6(12(16)17)5-8(7)13(18)19/h1-2,4-5,11,18-19H,3H2,(H,14,15)/q-2. The topological polar surface area (TPSA) is 155 Å². The van der Waals surface area contributed by atoms with E-state index in [-0.39, 0.29) is 28.7 Å². The van der Waals surface area contributed by atoms with Gasteiger partial charge in [0.2, 0.25) is 0 Å². The molecule has 1 aromatic rings. The number of nitrogens with zero attached hydrogens (tertiary/aromatic N) is 3. The van der Waals surface area contributed by atoms with E-state index in [0.29, 0.717) is 0 Å². The average Bonchev–Trinajstić information content (AvgIpc) is 2.34. The summed E-state index contributed by atoms with van der Waals surface area (Å²) >= 11 is 0. The second-order valence-corrected chi connectivity index (χ2v) is 3.27. The van der Waals surface area contributed by atoms with Gasteiger partial charge in [-0.05, 0) is 18.2 Å². The van der Waals surface area contributed by atoms with Crippen LogP contribution in [0.3, 0.4) is 0 Å². The molecule has 1 aromatic carbocycles. The molecule has 0 aromatic heterocycles. The quantitative estimate of drug-likeness (QED) is 0.436. The van der Waals surface area contributed by atoms with Crippen LogP contribution in [-0.2, 0) is 4.79 Å². The molecule has 4 N–H and O–H groups in total. The Bertz CT molecular complexity index is 476. The summed E-state index contributed by atoms with van der Waals surface area (Å²) in [6.07, 6.45) is 0.726. The summed E-state index contributed by atoms with van der Waals surface area (Å²) < 4.78 is 0. The van der Waals surface area contributed by atoms with Gasteiger partial charge in [0.05, 0.1) is 12.1 Å². The Kier molecular flexibility index (Phi) is 5.02. The van der Waals surface area contributed by atoms with Crippen LogP contribution in [0.4, 0.5) is 17.1 Å². The molecule has 0 aliphatic heterocycles. The number of hydrogen-bond acceptors (Lipinski definition) is 9. The van der Waals surface area contributed by atoms with Gasteiger partial charge in [0.25, 0.3) is 0 Å². The summed E-state index contributed by atoms with van der Waals surface area (Å²) in [7, 11) is 0. The molecule has 0 heterocycles. The molecule has 1 rings (SSSR count). The summed E-state index contributed by atoms with van der Waals surface area (Å²) in [5, 5.41) is 49.8. The largest absolute Gasteiger partial charge is 0.769 e. The van der Waals surface area contributed by atoms with Gasteiger partial charge in [-0.3, -0.25) is 20.6 Å². The van der Waals surface area contributed by atoms with Crippen molar-refractivity contribution in [1.29, 1.82) is 0 Å². The molecular weight excluding hydrogens is 260 g/mol. The second-order valence-electron chi connectivity index (χ2n) is 3.27. The molecule has 0 unspecified atom stereocenters. The van der Waals surface area contributed by atoms with E-state index in [0.717, 1.165) is 18.3 Å². The van der Waals surface area contributed by atoms with Crippen LogP contribution in [0.1, 0.15) is 6.42 Å². The predicted molar refractivity (Wildman–Crippen MR) is 66.1 cm³/mol. The van der Waals surface area contributed by atoms with Crippen LogP contribution >= 0.6 is 0 Å². The van der Waals surface area contributed by atoms with Gasteiger partial charge in [-0.2, -0.15) is 5.10 Å². The fourth-order valence-corrected chi connectivity index (χ4v) is 1.13. The number of anilines is 3. The van der Waals surface area contributed by atoms with Crippen LogP contribution in [0.5, 0.6) is 0 Å². The Balaban J connectivity index is 2.88. The van der Waals surface area contributed by atoms with Crippen LogP contribution in [0.25, 0.3) is 0 Å². The number of hydrazone groups is 1. The number of rotatable bonds is 6. The molecule has 0 spiro atoms. The van der Waals surface area contributed by atoms with Crippen molar-refractivity contribution in [2.45, 2.75) is 6.42 Å². The number of carboxylic acids is 1. The van der Waals surface area contributed by atoms with E-state index in [9.17, 15) is 15.2 Å². The van der Waals surface area contributed by atoms with Crippen molar-refractivity contribution < 1.29 is 20.3 Å². The van der Waals surface area contributed by atoms with Gasteiger partial charge < -0.3 is 20.7 Å². The van der Waals surface area contributed by atoms with Gasteiger partial charge in [-0.25, -0.2) is 0 Å². The first-order valence-electron chi connectivity index (χ1n) is 4.87. The van der Waals surface area contributed by atoms with Crippen LogP contribution in [0, 0.1) is 10.4 Å².